The summed E-state index contributed by atoms with van der Waals surface area (Å²) < 4.78 is 7.57. The maximum Gasteiger partial charge on any atom is 0.233 e. The Morgan fingerprint density at radius 2 is 1.93 bits per heavy atom. The number of rotatable bonds is 7. The molecule has 0 spiro atoms. The van der Waals surface area contributed by atoms with E-state index in [0.29, 0.717) is 29.9 Å². The summed E-state index contributed by atoms with van der Waals surface area (Å²) in [5, 5.41) is 9.43. The average Bonchev–Trinajstić information content (AvgIpc) is 3.43. The van der Waals surface area contributed by atoms with E-state index >= 15 is 0 Å². The van der Waals surface area contributed by atoms with Gasteiger partial charge < -0.3 is 9.32 Å². The van der Waals surface area contributed by atoms with Gasteiger partial charge >= 0.3 is 0 Å². The number of benzene rings is 1. The van der Waals surface area contributed by atoms with Gasteiger partial charge in [0.05, 0.1) is 18.6 Å². The van der Waals surface area contributed by atoms with Crippen LogP contribution in [0.3, 0.4) is 0 Å². The van der Waals surface area contributed by atoms with E-state index in [1.54, 1.807) is 6.26 Å². The van der Waals surface area contributed by atoms with Gasteiger partial charge in [0.1, 0.15) is 0 Å². The van der Waals surface area contributed by atoms with Gasteiger partial charge in [-0.1, -0.05) is 61.4 Å². The number of nitrogens with zero attached hydrogens (tertiary/aromatic N) is 4. The molecule has 1 amide bonds. The molecule has 1 aliphatic carbocycles. The molecular weight excluding hydrogens is 384 g/mol. The minimum Gasteiger partial charge on any atom is -0.461 e. The first-order chi connectivity index (χ1) is 14.2. The maximum atomic E-state index is 12.7. The molecule has 0 saturated heterocycles. The molecule has 152 valence electrons. The summed E-state index contributed by atoms with van der Waals surface area (Å²) >= 11 is 1.44. The third-order valence-electron chi connectivity index (χ3n) is 5.48. The first-order valence-corrected chi connectivity index (χ1v) is 11.1. The summed E-state index contributed by atoms with van der Waals surface area (Å²) in [4.78, 5) is 14.7. The molecule has 0 radical (unpaired) electrons. The second-order valence-electron chi connectivity index (χ2n) is 7.44. The minimum absolute atomic E-state index is 0.149. The highest BCUT2D eigenvalue weighted by molar-refractivity contribution is 7.99. The normalized spacial score (nSPS) is 14.8. The van der Waals surface area contributed by atoms with Crippen molar-refractivity contribution in [3.05, 3.63) is 54.3 Å². The first kappa shape index (κ1) is 19.8. The number of aromatic nitrogens is 3. The maximum absolute atomic E-state index is 12.7. The van der Waals surface area contributed by atoms with Crippen molar-refractivity contribution in [3.8, 4) is 11.6 Å². The van der Waals surface area contributed by atoms with Crippen molar-refractivity contribution in [2.24, 2.45) is 0 Å². The van der Waals surface area contributed by atoms with Crippen molar-refractivity contribution in [3.63, 3.8) is 0 Å². The van der Waals surface area contributed by atoms with Crippen molar-refractivity contribution in [2.45, 2.75) is 49.8 Å². The minimum atomic E-state index is 0.149. The number of amides is 1. The molecule has 4 rings (SSSR count). The van der Waals surface area contributed by atoms with E-state index in [4.69, 9.17) is 4.42 Å². The molecule has 1 aromatic carbocycles. The molecule has 3 aromatic rings. The predicted octanol–water partition coefficient (Wildman–Crippen LogP) is 4.47. The van der Waals surface area contributed by atoms with Gasteiger partial charge in [0, 0.05) is 13.1 Å². The van der Waals surface area contributed by atoms with Gasteiger partial charge in [0.25, 0.3) is 0 Å². The first-order valence-electron chi connectivity index (χ1n) is 10.1. The summed E-state index contributed by atoms with van der Waals surface area (Å²) in [6.07, 6.45) is 7.57. The van der Waals surface area contributed by atoms with Crippen molar-refractivity contribution >= 4 is 17.7 Å². The van der Waals surface area contributed by atoms with E-state index in [0.717, 1.165) is 23.6 Å². The van der Waals surface area contributed by atoms with E-state index in [-0.39, 0.29) is 5.91 Å². The average molecular weight is 411 g/mol. The van der Waals surface area contributed by atoms with Crippen LogP contribution in [0.4, 0.5) is 0 Å². The molecule has 0 aliphatic heterocycles. The van der Waals surface area contributed by atoms with Crippen molar-refractivity contribution in [1.82, 2.24) is 19.7 Å². The molecule has 0 unspecified atom stereocenters. The van der Waals surface area contributed by atoms with E-state index in [1.807, 2.05) is 46.8 Å². The van der Waals surface area contributed by atoms with Crippen LogP contribution in [0.15, 0.2) is 58.3 Å². The molecule has 0 N–H and O–H groups in total. The van der Waals surface area contributed by atoms with Crippen LogP contribution in [-0.2, 0) is 11.3 Å². The lowest BCUT2D eigenvalue weighted by Crippen LogP contribution is -2.39. The lowest BCUT2D eigenvalue weighted by Gasteiger charge is -2.31. The van der Waals surface area contributed by atoms with Crippen LogP contribution < -0.4 is 0 Å². The van der Waals surface area contributed by atoms with Crippen LogP contribution >= 0.6 is 11.8 Å². The summed E-state index contributed by atoms with van der Waals surface area (Å²) in [5.41, 5.74) is 1.15. The highest BCUT2D eigenvalue weighted by atomic mass is 32.2. The van der Waals surface area contributed by atoms with Gasteiger partial charge in [-0.2, -0.15) is 0 Å². The second kappa shape index (κ2) is 9.31. The SMILES string of the molecule is CN(C(=O)CSc1nnc(-c2ccco2)n1Cc1ccccc1)C1CCCCC1. The smallest absolute Gasteiger partial charge is 0.233 e. The number of furan rings is 1. The summed E-state index contributed by atoms with van der Waals surface area (Å²) in [7, 11) is 1.93. The highest BCUT2D eigenvalue weighted by Crippen LogP contribution is 2.27. The Balaban J connectivity index is 1.50. The molecule has 1 fully saturated rings. The van der Waals surface area contributed by atoms with Crippen molar-refractivity contribution in [1.29, 1.82) is 0 Å². The number of hydrogen-bond donors (Lipinski definition) is 0. The fourth-order valence-electron chi connectivity index (χ4n) is 3.79. The van der Waals surface area contributed by atoms with Gasteiger partial charge in [-0.05, 0) is 30.5 Å². The molecular formula is C22H26N4O2S. The molecule has 0 atom stereocenters. The Hall–Kier alpha value is -2.54. The molecule has 1 aliphatic rings. The van der Waals surface area contributed by atoms with E-state index in [9.17, 15) is 4.79 Å². The highest BCUT2D eigenvalue weighted by Gasteiger charge is 2.23. The van der Waals surface area contributed by atoms with Crippen molar-refractivity contribution in [2.75, 3.05) is 12.8 Å². The standard InChI is InChI=1S/C22H26N4O2S/c1-25(18-11-6-3-7-12-18)20(27)16-29-22-24-23-21(19-13-8-14-28-19)26(22)15-17-9-4-2-5-10-17/h2,4-5,8-10,13-14,18H,3,6-7,11-12,15-16H2,1H3. The quantitative estimate of drug-likeness (QED) is 0.538. The lowest BCUT2D eigenvalue weighted by atomic mass is 9.94. The fourth-order valence-corrected chi connectivity index (χ4v) is 4.65. The van der Waals surface area contributed by atoms with Crippen LogP contribution in [0, 0.1) is 0 Å². The molecule has 7 heteroatoms. The number of carbonyl (C=O) groups is 1. The van der Waals surface area contributed by atoms with Crippen LogP contribution in [-0.4, -0.2) is 44.4 Å². The Kier molecular flexibility index (Phi) is 6.34. The Morgan fingerprint density at radius 3 is 2.66 bits per heavy atom. The number of hydrogen-bond acceptors (Lipinski definition) is 5. The molecule has 0 bridgehead atoms. The van der Waals surface area contributed by atoms with Gasteiger partial charge in [0.2, 0.25) is 11.7 Å². The van der Waals surface area contributed by atoms with E-state index in [1.165, 1.54) is 31.0 Å². The zero-order valence-electron chi connectivity index (χ0n) is 16.7. The third kappa shape index (κ3) is 4.72. The second-order valence-corrected chi connectivity index (χ2v) is 8.38. The molecule has 2 heterocycles. The largest absolute Gasteiger partial charge is 0.461 e. The predicted molar refractivity (Wildman–Crippen MR) is 114 cm³/mol. The zero-order valence-corrected chi connectivity index (χ0v) is 17.5. The number of thioether (sulfide) groups is 1. The molecule has 1 saturated carbocycles. The summed E-state index contributed by atoms with van der Waals surface area (Å²) in [6.45, 7) is 0.624. The molecule has 29 heavy (non-hydrogen) atoms. The number of carbonyl (C=O) groups excluding carboxylic acids is 1. The zero-order chi connectivity index (χ0) is 20.1. The molecule has 2 aromatic heterocycles. The molecule has 6 nitrogen and oxygen atoms in total. The third-order valence-corrected chi connectivity index (χ3v) is 6.43. The summed E-state index contributed by atoms with van der Waals surface area (Å²) in [5.74, 6) is 1.86. The van der Waals surface area contributed by atoms with Crippen LogP contribution in [0.25, 0.3) is 11.6 Å². The topological polar surface area (TPSA) is 64.2 Å². The lowest BCUT2D eigenvalue weighted by molar-refractivity contribution is -0.129. The Morgan fingerprint density at radius 1 is 1.14 bits per heavy atom. The van der Waals surface area contributed by atoms with Gasteiger partial charge in [-0.15, -0.1) is 10.2 Å². The Bertz CT molecular complexity index is 918. The summed E-state index contributed by atoms with van der Waals surface area (Å²) in [6, 6.07) is 14.3. The van der Waals surface area contributed by atoms with Crippen LogP contribution in [0.2, 0.25) is 0 Å². The van der Waals surface area contributed by atoms with Gasteiger partial charge in [-0.3, -0.25) is 9.36 Å². The van der Waals surface area contributed by atoms with Gasteiger partial charge in [0.15, 0.2) is 10.9 Å². The monoisotopic (exact) mass is 410 g/mol. The van der Waals surface area contributed by atoms with Crippen LogP contribution in [0.1, 0.15) is 37.7 Å². The van der Waals surface area contributed by atoms with Gasteiger partial charge in [-0.25, -0.2) is 0 Å². The van der Waals surface area contributed by atoms with E-state index in [2.05, 4.69) is 22.3 Å². The fraction of sp³-hybridized carbons (Fsp3) is 0.409. The Labute approximate surface area is 175 Å². The van der Waals surface area contributed by atoms with E-state index < -0.39 is 0 Å². The van der Waals surface area contributed by atoms with Crippen LogP contribution in [0.5, 0.6) is 0 Å². The van der Waals surface area contributed by atoms with Crippen molar-refractivity contribution < 1.29 is 9.21 Å².